The molecule has 0 aliphatic heterocycles. The van der Waals surface area contributed by atoms with Crippen LogP contribution in [0.15, 0.2) is 30.3 Å². The quantitative estimate of drug-likeness (QED) is 0.731. The van der Waals surface area contributed by atoms with Crippen molar-refractivity contribution in [1.82, 2.24) is 9.97 Å². The topological polar surface area (TPSA) is 49.6 Å². The highest BCUT2D eigenvalue weighted by Crippen LogP contribution is 2.20. The summed E-state index contributed by atoms with van der Waals surface area (Å²) in [6.45, 7) is 1.74. The largest absolute Gasteiger partial charge is 0.232 e. The first-order valence-electron chi connectivity index (χ1n) is 4.71. The van der Waals surface area contributed by atoms with Crippen LogP contribution in [0.25, 0.3) is 11.3 Å². The zero-order chi connectivity index (χ0) is 11.5. The van der Waals surface area contributed by atoms with Gasteiger partial charge >= 0.3 is 0 Å². The van der Waals surface area contributed by atoms with Crippen molar-refractivity contribution < 1.29 is 4.39 Å². The van der Waals surface area contributed by atoms with E-state index >= 15 is 0 Å². The van der Waals surface area contributed by atoms with Gasteiger partial charge in [-0.2, -0.15) is 5.26 Å². The monoisotopic (exact) mass is 213 g/mol. The summed E-state index contributed by atoms with van der Waals surface area (Å²) >= 11 is 0. The van der Waals surface area contributed by atoms with E-state index in [0.717, 1.165) is 0 Å². The van der Waals surface area contributed by atoms with Gasteiger partial charge in [0.2, 0.25) is 5.82 Å². The summed E-state index contributed by atoms with van der Waals surface area (Å²) in [5.74, 6) is -0.303. The predicted octanol–water partition coefficient (Wildman–Crippen LogP) is 2.46. The molecule has 0 saturated heterocycles. The molecule has 2 rings (SSSR count). The number of aryl methyl sites for hydroxylation is 1. The lowest BCUT2D eigenvalue weighted by Gasteiger charge is -2.03. The van der Waals surface area contributed by atoms with Crippen molar-refractivity contribution in [3.8, 4) is 17.3 Å². The Hall–Kier alpha value is -2.28. The van der Waals surface area contributed by atoms with Gasteiger partial charge in [0.05, 0.1) is 5.69 Å². The minimum atomic E-state index is -0.357. The number of hydrogen-bond acceptors (Lipinski definition) is 3. The molecule has 0 amide bonds. The lowest BCUT2D eigenvalue weighted by atomic mass is 10.1. The van der Waals surface area contributed by atoms with Crippen molar-refractivity contribution in [2.24, 2.45) is 0 Å². The Labute approximate surface area is 92.2 Å². The molecule has 0 spiro atoms. The molecule has 0 fully saturated rings. The maximum atomic E-state index is 13.5. The standard InChI is InChI=1S/C12H8FN3/c1-8-6-11(16-12(7-14)15-8)9-4-2-3-5-10(9)13/h2-6H,1H3. The summed E-state index contributed by atoms with van der Waals surface area (Å²) in [7, 11) is 0. The first-order valence-corrected chi connectivity index (χ1v) is 4.71. The third-order valence-electron chi connectivity index (χ3n) is 2.10. The van der Waals surface area contributed by atoms with Gasteiger partial charge < -0.3 is 0 Å². The molecule has 78 valence electrons. The molecular weight excluding hydrogens is 205 g/mol. The van der Waals surface area contributed by atoms with Crippen molar-refractivity contribution in [2.45, 2.75) is 6.92 Å². The normalized spacial score (nSPS) is 9.81. The molecule has 4 heteroatoms. The van der Waals surface area contributed by atoms with Crippen LogP contribution in [-0.4, -0.2) is 9.97 Å². The fourth-order valence-electron chi connectivity index (χ4n) is 1.43. The Balaban J connectivity index is 2.61. The van der Waals surface area contributed by atoms with Crippen LogP contribution in [0.1, 0.15) is 11.5 Å². The zero-order valence-electron chi connectivity index (χ0n) is 8.61. The van der Waals surface area contributed by atoms with E-state index < -0.39 is 0 Å². The summed E-state index contributed by atoms with van der Waals surface area (Å²) in [4.78, 5) is 7.88. The zero-order valence-corrected chi connectivity index (χ0v) is 8.61. The summed E-state index contributed by atoms with van der Waals surface area (Å²) in [5.41, 5.74) is 1.46. The first kappa shape index (κ1) is 10.2. The fourth-order valence-corrected chi connectivity index (χ4v) is 1.43. The van der Waals surface area contributed by atoms with Crippen molar-refractivity contribution >= 4 is 0 Å². The van der Waals surface area contributed by atoms with E-state index in [4.69, 9.17) is 5.26 Å². The molecule has 0 atom stereocenters. The van der Waals surface area contributed by atoms with E-state index in [1.807, 2.05) is 6.07 Å². The minimum absolute atomic E-state index is 0.0539. The Kier molecular flexibility index (Phi) is 2.61. The molecule has 16 heavy (non-hydrogen) atoms. The van der Waals surface area contributed by atoms with Crippen LogP contribution in [0.3, 0.4) is 0 Å². The number of halogens is 1. The minimum Gasteiger partial charge on any atom is -0.224 e. The summed E-state index contributed by atoms with van der Waals surface area (Å²) in [6.07, 6.45) is 0. The van der Waals surface area contributed by atoms with Crippen LogP contribution in [-0.2, 0) is 0 Å². The van der Waals surface area contributed by atoms with Gasteiger partial charge in [0, 0.05) is 11.3 Å². The van der Waals surface area contributed by atoms with Crippen LogP contribution in [0.5, 0.6) is 0 Å². The maximum absolute atomic E-state index is 13.5. The van der Waals surface area contributed by atoms with E-state index in [1.54, 1.807) is 31.2 Å². The number of benzene rings is 1. The Morgan fingerprint density at radius 1 is 1.25 bits per heavy atom. The van der Waals surface area contributed by atoms with E-state index in [9.17, 15) is 4.39 Å². The summed E-state index contributed by atoms with van der Waals surface area (Å²) in [5, 5.41) is 8.73. The van der Waals surface area contributed by atoms with Crippen LogP contribution in [0, 0.1) is 24.1 Å². The van der Waals surface area contributed by atoms with Crippen LogP contribution < -0.4 is 0 Å². The Morgan fingerprint density at radius 2 is 2.00 bits per heavy atom. The predicted molar refractivity (Wildman–Crippen MR) is 56.9 cm³/mol. The SMILES string of the molecule is Cc1cc(-c2ccccc2F)nc(C#N)n1. The van der Waals surface area contributed by atoms with E-state index in [2.05, 4.69) is 9.97 Å². The number of hydrogen-bond donors (Lipinski definition) is 0. The lowest BCUT2D eigenvalue weighted by molar-refractivity contribution is 0.630. The smallest absolute Gasteiger partial charge is 0.224 e. The first-order chi connectivity index (χ1) is 7.70. The van der Waals surface area contributed by atoms with Crippen LogP contribution >= 0.6 is 0 Å². The van der Waals surface area contributed by atoms with E-state index in [0.29, 0.717) is 17.0 Å². The van der Waals surface area contributed by atoms with E-state index in [-0.39, 0.29) is 11.6 Å². The van der Waals surface area contributed by atoms with Crippen molar-refractivity contribution in [3.63, 3.8) is 0 Å². The van der Waals surface area contributed by atoms with Gasteiger partial charge in [-0.05, 0) is 25.1 Å². The molecule has 0 aliphatic carbocycles. The van der Waals surface area contributed by atoms with Gasteiger partial charge in [0.25, 0.3) is 0 Å². The van der Waals surface area contributed by atoms with Crippen LogP contribution in [0.4, 0.5) is 4.39 Å². The van der Waals surface area contributed by atoms with Gasteiger partial charge in [0.1, 0.15) is 11.9 Å². The second kappa shape index (κ2) is 4.07. The maximum Gasteiger partial charge on any atom is 0.232 e. The fraction of sp³-hybridized carbons (Fsp3) is 0.0833. The molecule has 3 nitrogen and oxygen atoms in total. The van der Waals surface area contributed by atoms with Crippen molar-refractivity contribution in [1.29, 1.82) is 5.26 Å². The highest BCUT2D eigenvalue weighted by atomic mass is 19.1. The highest BCUT2D eigenvalue weighted by Gasteiger charge is 2.07. The Morgan fingerprint density at radius 3 is 2.69 bits per heavy atom. The van der Waals surface area contributed by atoms with Gasteiger partial charge in [-0.15, -0.1) is 0 Å². The second-order valence-corrected chi connectivity index (χ2v) is 3.31. The van der Waals surface area contributed by atoms with Gasteiger partial charge in [-0.3, -0.25) is 0 Å². The third kappa shape index (κ3) is 1.89. The van der Waals surface area contributed by atoms with Gasteiger partial charge in [-0.25, -0.2) is 14.4 Å². The number of nitriles is 1. The molecule has 0 saturated carbocycles. The lowest BCUT2D eigenvalue weighted by Crippen LogP contribution is -1.96. The van der Waals surface area contributed by atoms with Crippen molar-refractivity contribution in [2.75, 3.05) is 0 Å². The van der Waals surface area contributed by atoms with Crippen LogP contribution in [0.2, 0.25) is 0 Å². The summed E-state index contributed by atoms with van der Waals surface area (Å²) < 4.78 is 13.5. The van der Waals surface area contributed by atoms with Crippen molar-refractivity contribution in [3.05, 3.63) is 47.7 Å². The van der Waals surface area contributed by atoms with Gasteiger partial charge in [0.15, 0.2) is 0 Å². The third-order valence-corrected chi connectivity index (χ3v) is 2.10. The highest BCUT2D eigenvalue weighted by molar-refractivity contribution is 5.60. The molecule has 0 bridgehead atoms. The number of nitrogens with zero attached hydrogens (tertiary/aromatic N) is 3. The molecule has 1 aromatic carbocycles. The molecule has 0 unspecified atom stereocenters. The number of rotatable bonds is 1. The molecule has 1 heterocycles. The molecule has 0 aliphatic rings. The molecule has 0 N–H and O–H groups in total. The molecular formula is C12H8FN3. The van der Waals surface area contributed by atoms with Gasteiger partial charge in [-0.1, -0.05) is 12.1 Å². The van der Waals surface area contributed by atoms with E-state index in [1.165, 1.54) is 6.07 Å². The molecule has 1 aromatic heterocycles. The average molecular weight is 213 g/mol. The molecule has 2 aromatic rings. The Bertz CT molecular complexity index is 573. The average Bonchev–Trinajstić information content (AvgIpc) is 2.28. The second-order valence-electron chi connectivity index (χ2n) is 3.31. The number of aromatic nitrogens is 2. The molecule has 0 radical (unpaired) electrons. The summed E-state index contributed by atoms with van der Waals surface area (Å²) in [6, 6.07) is 9.82.